The van der Waals surface area contributed by atoms with Gasteiger partial charge in [-0.25, -0.2) is 4.79 Å². The molecule has 0 aromatic heterocycles. The van der Waals surface area contributed by atoms with Crippen LogP contribution >= 0.6 is 12.6 Å². The van der Waals surface area contributed by atoms with E-state index in [1.807, 2.05) is 45.9 Å². The summed E-state index contributed by atoms with van der Waals surface area (Å²) in [6.07, 6.45) is 0.933. The summed E-state index contributed by atoms with van der Waals surface area (Å²) in [5, 5.41) is 15.3. The van der Waals surface area contributed by atoms with Crippen LogP contribution in [0.15, 0.2) is 18.2 Å². The Bertz CT molecular complexity index is 840. The molecule has 3 unspecified atom stereocenters. The molecule has 8 nitrogen and oxygen atoms in total. The van der Waals surface area contributed by atoms with E-state index in [2.05, 4.69) is 23.3 Å². The average Bonchev–Trinajstić information content (AvgIpc) is 2.72. The minimum Gasteiger partial charge on any atom is -0.444 e. The van der Waals surface area contributed by atoms with Gasteiger partial charge in [0.1, 0.15) is 17.7 Å². The Kier molecular flexibility index (Phi) is 11.9. The molecule has 192 valence electrons. The van der Waals surface area contributed by atoms with E-state index >= 15 is 0 Å². The van der Waals surface area contributed by atoms with Crippen molar-refractivity contribution in [3.63, 3.8) is 0 Å². The number of hydrogen-bond acceptors (Lipinski definition) is 6. The Hall–Kier alpha value is -2.26. The number of amides is 3. The van der Waals surface area contributed by atoms with Crippen molar-refractivity contribution in [1.29, 1.82) is 0 Å². The van der Waals surface area contributed by atoms with Crippen LogP contribution in [0.3, 0.4) is 0 Å². The van der Waals surface area contributed by atoms with Crippen molar-refractivity contribution in [2.24, 2.45) is 0 Å². The fourth-order valence-electron chi connectivity index (χ4n) is 3.54. The molecule has 0 aliphatic rings. The lowest BCUT2D eigenvalue weighted by atomic mass is 9.98. The highest BCUT2D eigenvalue weighted by molar-refractivity contribution is 7.80. The van der Waals surface area contributed by atoms with Crippen LogP contribution in [0.25, 0.3) is 0 Å². The van der Waals surface area contributed by atoms with Gasteiger partial charge in [0.15, 0.2) is 0 Å². The summed E-state index contributed by atoms with van der Waals surface area (Å²) in [6.45, 7) is 12.6. The fraction of sp³-hybridized carbons (Fsp3) is 0.640. The van der Waals surface area contributed by atoms with Crippen LogP contribution < -0.4 is 10.6 Å². The molecule has 0 bridgehead atoms. The molecule has 1 rings (SSSR count). The molecule has 1 aromatic rings. The number of aliphatic hydroxyl groups is 1. The van der Waals surface area contributed by atoms with Crippen LogP contribution in [0.4, 0.5) is 4.79 Å². The van der Waals surface area contributed by atoms with Crippen LogP contribution in [-0.4, -0.2) is 64.5 Å². The zero-order chi connectivity index (χ0) is 26.1. The first kappa shape index (κ1) is 29.8. The lowest BCUT2D eigenvalue weighted by molar-refractivity contribution is -0.142. The van der Waals surface area contributed by atoms with E-state index in [1.54, 1.807) is 20.8 Å². The van der Waals surface area contributed by atoms with E-state index in [0.29, 0.717) is 5.56 Å². The lowest BCUT2D eigenvalue weighted by Crippen LogP contribution is -2.55. The largest absolute Gasteiger partial charge is 0.444 e. The number of nitrogens with zero attached hydrogens (tertiary/aromatic N) is 1. The highest BCUT2D eigenvalue weighted by atomic mass is 32.1. The first-order valence-electron chi connectivity index (χ1n) is 11.7. The minimum absolute atomic E-state index is 0.00644. The Balaban J connectivity index is 3.37. The van der Waals surface area contributed by atoms with Gasteiger partial charge in [-0.3, -0.25) is 9.59 Å². The lowest BCUT2D eigenvalue weighted by Gasteiger charge is -2.34. The van der Waals surface area contributed by atoms with E-state index in [-0.39, 0.29) is 30.9 Å². The molecular weight excluding hydrogens is 454 g/mol. The fourth-order valence-corrected chi connectivity index (χ4v) is 3.79. The number of thiol groups is 1. The Morgan fingerprint density at radius 1 is 1.15 bits per heavy atom. The highest BCUT2D eigenvalue weighted by Gasteiger charge is 2.36. The average molecular weight is 496 g/mol. The third-order valence-corrected chi connectivity index (χ3v) is 5.68. The number of nitrogens with one attached hydrogen (secondary N) is 2. The van der Waals surface area contributed by atoms with E-state index < -0.39 is 29.7 Å². The van der Waals surface area contributed by atoms with Crippen LogP contribution in [0, 0.1) is 13.8 Å². The highest BCUT2D eigenvalue weighted by Crippen LogP contribution is 2.25. The van der Waals surface area contributed by atoms with Crippen LogP contribution in [0.5, 0.6) is 0 Å². The number of alkyl carbamates (subject to hydrolysis) is 1. The van der Waals surface area contributed by atoms with Crippen LogP contribution in [0.1, 0.15) is 70.2 Å². The second kappa shape index (κ2) is 13.6. The van der Waals surface area contributed by atoms with Crippen molar-refractivity contribution in [1.82, 2.24) is 15.5 Å². The standard InChI is InChI=1S/C25H41N3O5S/c1-8-9-18(4)26-22(30)21(19-11-10-16(2)17(3)14-19)28(12-13-29)23(31)20(15-34)27-24(32)33-25(5,6)7/h10-11,14,18,20-21,29,34H,8-9,12-13,15H2,1-7H3,(H,26,30)(H,27,32). The second-order valence-corrected chi connectivity index (χ2v) is 9.95. The topological polar surface area (TPSA) is 108 Å². The molecule has 0 radical (unpaired) electrons. The van der Waals surface area contributed by atoms with E-state index in [1.165, 1.54) is 4.90 Å². The summed E-state index contributed by atoms with van der Waals surface area (Å²) in [5.74, 6) is -0.884. The maximum atomic E-state index is 13.6. The first-order chi connectivity index (χ1) is 15.8. The number of aryl methyl sites for hydroxylation is 2. The molecule has 0 aliphatic heterocycles. The summed E-state index contributed by atoms with van der Waals surface area (Å²) in [5.41, 5.74) is 1.92. The molecule has 3 amide bonds. The van der Waals surface area contributed by atoms with Gasteiger partial charge in [-0.2, -0.15) is 12.6 Å². The van der Waals surface area contributed by atoms with Gasteiger partial charge in [0.05, 0.1) is 6.61 Å². The monoisotopic (exact) mass is 495 g/mol. The van der Waals surface area contributed by atoms with Gasteiger partial charge in [-0.05, 0) is 64.7 Å². The third-order valence-electron chi connectivity index (χ3n) is 5.31. The molecule has 0 heterocycles. The summed E-state index contributed by atoms with van der Waals surface area (Å²) in [7, 11) is 0. The molecule has 0 saturated heterocycles. The van der Waals surface area contributed by atoms with Gasteiger partial charge in [0, 0.05) is 18.3 Å². The van der Waals surface area contributed by atoms with Crippen LogP contribution in [-0.2, 0) is 14.3 Å². The summed E-state index contributed by atoms with van der Waals surface area (Å²) < 4.78 is 5.28. The van der Waals surface area contributed by atoms with Crippen molar-refractivity contribution in [3.05, 3.63) is 34.9 Å². The third kappa shape index (κ3) is 9.18. The molecule has 0 fully saturated rings. The molecule has 3 N–H and O–H groups in total. The normalized spacial score (nSPS) is 14.0. The summed E-state index contributed by atoms with van der Waals surface area (Å²) in [4.78, 5) is 40.6. The minimum atomic E-state index is -1.04. The molecule has 3 atom stereocenters. The van der Waals surface area contributed by atoms with Crippen molar-refractivity contribution < 1.29 is 24.2 Å². The van der Waals surface area contributed by atoms with Gasteiger partial charge in [-0.1, -0.05) is 31.5 Å². The SMILES string of the molecule is CCCC(C)NC(=O)C(c1ccc(C)c(C)c1)N(CCO)C(=O)C(CS)NC(=O)OC(C)(C)C. The maximum Gasteiger partial charge on any atom is 0.408 e. The summed E-state index contributed by atoms with van der Waals surface area (Å²) in [6, 6.07) is 3.47. The van der Waals surface area contributed by atoms with Gasteiger partial charge >= 0.3 is 6.09 Å². The van der Waals surface area contributed by atoms with E-state index in [4.69, 9.17) is 4.74 Å². The number of benzene rings is 1. The number of ether oxygens (including phenoxy) is 1. The number of hydrogen-bond donors (Lipinski definition) is 4. The van der Waals surface area contributed by atoms with Crippen molar-refractivity contribution in [2.75, 3.05) is 18.9 Å². The molecule has 0 aliphatic carbocycles. The van der Waals surface area contributed by atoms with Crippen molar-refractivity contribution in [2.45, 2.75) is 85.0 Å². The van der Waals surface area contributed by atoms with E-state index in [0.717, 1.165) is 24.0 Å². The molecule has 34 heavy (non-hydrogen) atoms. The number of carbonyl (C=O) groups excluding carboxylic acids is 3. The zero-order valence-electron chi connectivity index (χ0n) is 21.5. The predicted molar refractivity (Wildman–Crippen MR) is 137 cm³/mol. The molecular formula is C25H41N3O5S. The maximum absolute atomic E-state index is 13.6. The Morgan fingerprint density at radius 3 is 2.29 bits per heavy atom. The van der Waals surface area contributed by atoms with E-state index in [9.17, 15) is 19.5 Å². The Labute approximate surface area is 209 Å². The smallest absolute Gasteiger partial charge is 0.408 e. The molecule has 0 saturated carbocycles. The Morgan fingerprint density at radius 2 is 1.79 bits per heavy atom. The van der Waals surface area contributed by atoms with Gasteiger partial charge in [-0.15, -0.1) is 0 Å². The quantitative estimate of drug-likeness (QED) is 0.352. The molecule has 0 spiro atoms. The number of rotatable bonds is 11. The first-order valence-corrected chi connectivity index (χ1v) is 12.4. The molecule has 9 heteroatoms. The predicted octanol–water partition coefficient (Wildman–Crippen LogP) is 3.29. The number of aliphatic hydroxyl groups excluding tert-OH is 1. The van der Waals surface area contributed by atoms with Crippen LogP contribution in [0.2, 0.25) is 0 Å². The number of carbonyl (C=O) groups is 3. The molecule has 1 aromatic carbocycles. The van der Waals surface area contributed by atoms with Crippen molar-refractivity contribution >= 4 is 30.5 Å². The summed E-state index contributed by atoms with van der Waals surface area (Å²) >= 11 is 4.24. The van der Waals surface area contributed by atoms with Gasteiger partial charge in [0.2, 0.25) is 11.8 Å². The van der Waals surface area contributed by atoms with Gasteiger partial charge < -0.3 is 25.4 Å². The van der Waals surface area contributed by atoms with Gasteiger partial charge in [0.25, 0.3) is 0 Å². The van der Waals surface area contributed by atoms with Crippen molar-refractivity contribution in [3.8, 4) is 0 Å². The second-order valence-electron chi connectivity index (χ2n) is 9.58. The zero-order valence-corrected chi connectivity index (χ0v) is 22.4.